The van der Waals surface area contributed by atoms with Crippen molar-refractivity contribution in [2.45, 2.75) is 4.90 Å². The normalized spacial score (nSPS) is 11.2. The fourth-order valence-corrected chi connectivity index (χ4v) is 2.60. The Morgan fingerprint density at radius 3 is 2.47 bits per heavy atom. The first-order valence-corrected chi connectivity index (χ1v) is 7.59. The first-order valence-electron chi connectivity index (χ1n) is 5.27. The van der Waals surface area contributed by atoms with Crippen LogP contribution in [0.15, 0.2) is 40.7 Å². The molecule has 8 heteroatoms. The minimum Gasteiger partial charge on any atom is -0.322 e. The van der Waals surface area contributed by atoms with Crippen LogP contribution in [0.2, 0.25) is 0 Å². The Bertz CT molecular complexity index is 664. The lowest BCUT2D eigenvalue weighted by atomic mass is 10.3. The van der Waals surface area contributed by atoms with Gasteiger partial charge in [-0.3, -0.25) is 4.79 Å². The molecule has 1 aromatic heterocycles. The molecule has 0 aliphatic rings. The summed E-state index contributed by atoms with van der Waals surface area (Å²) in [5.41, 5.74) is 0.989. The lowest BCUT2D eigenvalue weighted by Gasteiger charge is -2.05. The van der Waals surface area contributed by atoms with Crippen molar-refractivity contribution in [1.82, 2.24) is 9.10 Å². The van der Waals surface area contributed by atoms with Gasteiger partial charge in [-0.15, -0.1) is 0 Å². The van der Waals surface area contributed by atoms with Crippen LogP contribution in [0, 0.1) is 0 Å². The summed E-state index contributed by atoms with van der Waals surface area (Å²) in [6.45, 7) is 0. The first kappa shape index (κ1) is 13.7. The number of anilines is 1. The van der Waals surface area contributed by atoms with Gasteiger partial charge in [0.15, 0.2) is 0 Å². The molecule has 0 saturated carbocycles. The molecule has 0 spiro atoms. The van der Waals surface area contributed by atoms with E-state index in [4.69, 9.17) is 0 Å². The number of hydrogen-bond donors (Lipinski definition) is 2. The third-order valence-corrected chi connectivity index (χ3v) is 4.40. The van der Waals surface area contributed by atoms with Crippen LogP contribution in [0.1, 0.15) is 10.4 Å². The van der Waals surface area contributed by atoms with Crippen LogP contribution in [0.5, 0.6) is 0 Å². The van der Waals surface area contributed by atoms with Crippen molar-refractivity contribution < 1.29 is 13.2 Å². The van der Waals surface area contributed by atoms with Crippen molar-refractivity contribution in [3.63, 3.8) is 0 Å². The molecule has 2 rings (SSSR count). The van der Waals surface area contributed by atoms with Crippen molar-refractivity contribution in [3.05, 3.63) is 41.4 Å². The molecule has 1 amide bonds. The highest BCUT2D eigenvalue weighted by Crippen LogP contribution is 2.15. The number of benzene rings is 1. The Morgan fingerprint density at radius 2 is 1.95 bits per heavy atom. The maximum atomic E-state index is 11.7. The predicted octanol–water partition coefficient (Wildman–Crippen LogP) is 1.30. The summed E-state index contributed by atoms with van der Waals surface area (Å²) >= 11 is 1.19. The van der Waals surface area contributed by atoms with E-state index in [1.54, 1.807) is 5.38 Å². The van der Waals surface area contributed by atoms with Crippen LogP contribution < -0.4 is 10.0 Å². The van der Waals surface area contributed by atoms with Gasteiger partial charge in [-0.2, -0.15) is 0 Å². The Hall–Kier alpha value is -1.77. The monoisotopic (exact) mass is 297 g/mol. The van der Waals surface area contributed by atoms with Crippen molar-refractivity contribution >= 4 is 33.2 Å². The van der Waals surface area contributed by atoms with Gasteiger partial charge >= 0.3 is 0 Å². The average Bonchev–Trinajstić information content (AvgIpc) is 2.93. The van der Waals surface area contributed by atoms with E-state index in [1.807, 2.05) is 0 Å². The zero-order valence-electron chi connectivity index (χ0n) is 9.95. The summed E-state index contributed by atoms with van der Waals surface area (Å²) in [7, 11) is -2.12. The zero-order valence-corrected chi connectivity index (χ0v) is 11.6. The van der Waals surface area contributed by atoms with Gasteiger partial charge in [0, 0.05) is 11.1 Å². The molecule has 2 N–H and O–H groups in total. The minimum atomic E-state index is -3.46. The molecule has 19 heavy (non-hydrogen) atoms. The number of sulfonamides is 1. The fourth-order valence-electron chi connectivity index (χ4n) is 1.36. The summed E-state index contributed by atoms with van der Waals surface area (Å²) in [4.78, 5) is 11.9. The Balaban J connectivity index is 2.14. The predicted molar refractivity (Wildman–Crippen MR) is 72.8 cm³/mol. The Morgan fingerprint density at radius 1 is 1.26 bits per heavy atom. The van der Waals surface area contributed by atoms with E-state index in [-0.39, 0.29) is 10.8 Å². The van der Waals surface area contributed by atoms with E-state index in [1.165, 1.54) is 49.0 Å². The van der Waals surface area contributed by atoms with Crippen LogP contribution in [0.25, 0.3) is 0 Å². The summed E-state index contributed by atoms with van der Waals surface area (Å²) in [5.74, 6) is -0.280. The molecule has 0 saturated heterocycles. The lowest BCUT2D eigenvalue weighted by Crippen LogP contribution is -2.18. The number of nitrogens with zero attached hydrogens (tertiary/aromatic N) is 1. The summed E-state index contributed by atoms with van der Waals surface area (Å²) in [6, 6.07) is 5.91. The molecule has 0 aliphatic heterocycles. The molecule has 6 nitrogen and oxygen atoms in total. The molecule has 0 bridgehead atoms. The number of carbonyl (C=O) groups is 1. The van der Waals surface area contributed by atoms with Crippen molar-refractivity contribution in [2.75, 3.05) is 12.4 Å². The van der Waals surface area contributed by atoms with E-state index < -0.39 is 10.0 Å². The van der Waals surface area contributed by atoms with E-state index in [9.17, 15) is 13.2 Å². The van der Waals surface area contributed by atoms with E-state index in [0.29, 0.717) is 11.3 Å². The number of aromatic nitrogens is 1. The lowest BCUT2D eigenvalue weighted by molar-refractivity contribution is 0.102. The summed E-state index contributed by atoms with van der Waals surface area (Å²) < 4.78 is 29.1. The van der Waals surface area contributed by atoms with Crippen LogP contribution in [-0.4, -0.2) is 25.7 Å². The maximum Gasteiger partial charge on any atom is 0.258 e. The van der Waals surface area contributed by atoms with Gasteiger partial charge in [0.2, 0.25) is 10.0 Å². The van der Waals surface area contributed by atoms with Gasteiger partial charge in [-0.25, -0.2) is 17.5 Å². The molecule has 100 valence electrons. The smallest absolute Gasteiger partial charge is 0.258 e. The standard InChI is InChI=1S/C11H11N3O3S2/c1-12-19(16,17)10-4-2-9(3-5-10)14-11(15)8-6-13-18-7-8/h2-7,12H,1H3,(H,14,15). The van der Waals surface area contributed by atoms with Crippen molar-refractivity contribution in [3.8, 4) is 0 Å². The quantitative estimate of drug-likeness (QED) is 0.890. The molecular weight excluding hydrogens is 286 g/mol. The fraction of sp³-hybridized carbons (Fsp3) is 0.0909. The second-order valence-corrected chi connectivity index (χ2v) is 6.14. The average molecular weight is 297 g/mol. The molecule has 0 radical (unpaired) electrons. The zero-order chi connectivity index (χ0) is 13.9. The van der Waals surface area contributed by atoms with Crippen molar-refractivity contribution in [2.24, 2.45) is 0 Å². The Labute approximate surface area is 114 Å². The topological polar surface area (TPSA) is 88.2 Å². The SMILES string of the molecule is CNS(=O)(=O)c1ccc(NC(=O)c2cnsc2)cc1. The molecule has 0 aliphatic carbocycles. The van der Waals surface area contributed by atoms with Crippen molar-refractivity contribution in [1.29, 1.82) is 0 Å². The number of amides is 1. The molecule has 0 fully saturated rings. The number of hydrogen-bond acceptors (Lipinski definition) is 5. The second-order valence-electron chi connectivity index (χ2n) is 3.60. The van der Waals surface area contributed by atoms with E-state index >= 15 is 0 Å². The minimum absolute atomic E-state index is 0.144. The van der Waals surface area contributed by atoms with Gasteiger partial charge in [-0.1, -0.05) is 0 Å². The van der Waals surface area contributed by atoms with Gasteiger partial charge in [0.1, 0.15) is 0 Å². The highest BCUT2D eigenvalue weighted by Gasteiger charge is 2.11. The van der Waals surface area contributed by atoms with Gasteiger partial charge < -0.3 is 5.32 Å². The maximum absolute atomic E-state index is 11.7. The van der Waals surface area contributed by atoms with Crippen LogP contribution in [-0.2, 0) is 10.0 Å². The Kier molecular flexibility index (Phi) is 3.93. The van der Waals surface area contributed by atoms with Crippen LogP contribution in [0.3, 0.4) is 0 Å². The van der Waals surface area contributed by atoms with Crippen LogP contribution in [0.4, 0.5) is 5.69 Å². The third kappa shape index (κ3) is 3.16. The van der Waals surface area contributed by atoms with Gasteiger partial charge in [0.25, 0.3) is 5.91 Å². The highest BCUT2D eigenvalue weighted by molar-refractivity contribution is 7.89. The molecule has 2 aromatic rings. The second kappa shape index (κ2) is 5.47. The summed E-state index contributed by atoms with van der Waals surface area (Å²) in [5, 5.41) is 4.29. The van der Waals surface area contributed by atoms with E-state index in [2.05, 4.69) is 14.4 Å². The molecule has 0 atom stereocenters. The largest absolute Gasteiger partial charge is 0.322 e. The summed E-state index contributed by atoms with van der Waals surface area (Å²) in [6.07, 6.45) is 1.47. The number of nitrogens with one attached hydrogen (secondary N) is 2. The number of carbonyl (C=O) groups excluding carboxylic acids is 1. The van der Waals surface area contributed by atoms with E-state index in [0.717, 1.165) is 0 Å². The number of rotatable bonds is 4. The molecule has 1 aromatic carbocycles. The van der Waals surface area contributed by atoms with Crippen LogP contribution >= 0.6 is 11.5 Å². The third-order valence-electron chi connectivity index (χ3n) is 2.39. The molecule has 1 heterocycles. The molecule has 0 unspecified atom stereocenters. The van der Waals surface area contributed by atoms with Gasteiger partial charge in [0.05, 0.1) is 16.7 Å². The molecular formula is C11H11N3O3S2. The van der Waals surface area contributed by atoms with Gasteiger partial charge in [-0.05, 0) is 42.8 Å². The first-order chi connectivity index (χ1) is 9.03. The highest BCUT2D eigenvalue weighted by atomic mass is 32.2.